The van der Waals surface area contributed by atoms with E-state index in [9.17, 15) is 0 Å². The average Bonchev–Trinajstić information content (AvgIpc) is 2.81. The predicted molar refractivity (Wildman–Crippen MR) is 83.9 cm³/mol. The predicted octanol–water partition coefficient (Wildman–Crippen LogP) is 1.60. The van der Waals surface area contributed by atoms with Crippen LogP contribution in [-0.2, 0) is 0 Å². The third-order valence-electron chi connectivity index (χ3n) is 3.46. The highest BCUT2D eigenvalue weighted by Crippen LogP contribution is 2.16. The van der Waals surface area contributed by atoms with Gasteiger partial charge in [-0.1, -0.05) is 0 Å². The summed E-state index contributed by atoms with van der Waals surface area (Å²) in [6, 6.07) is 0.900. The summed E-state index contributed by atoms with van der Waals surface area (Å²) in [7, 11) is 2.16. The Morgan fingerprint density at radius 1 is 1.24 bits per heavy atom. The van der Waals surface area contributed by atoms with E-state index in [1.54, 1.807) is 0 Å². The van der Waals surface area contributed by atoms with Crippen LogP contribution in [0.15, 0.2) is 0 Å². The van der Waals surface area contributed by atoms with Crippen LogP contribution in [0.1, 0.15) is 33.6 Å². The van der Waals surface area contributed by atoms with Gasteiger partial charge in [0.05, 0.1) is 6.10 Å². The summed E-state index contributed by atoms with van der Waals surface area (Å²) in [4.78, 5) is 15.3. The summed E-state index contributed by atoms with van der Waals surface area (Å²) in [6.07, 6.45) is 2.50. The first-order chi connectivity index (χ1) is 10.1. The summed E-state index contributed by atoms with van der Waals surface area (Å²) in [5.74, 6) is 1.11. The number of nitrogens with one attached hydrogen (secondary N) is 2. The molecule has 0 aliphatic carbocycles. The number of hydrogen-bond acceptors (Lipinski definition) is 7. The van der Waals surface area contributed by atoms with Crippen molar-refractivity contribution in [3.63, 3.8) is 0 Å². The van der Waals surface area contributed by atoms with Gasteiger partial charge in [-0.05, 0) is 47.2 Å². The highest BCUT2D eigenvalue weighted by molar-refractivity contribution is 5.36. The molecule has 1 unspecified atom stereocenters. The van der Waals surface area contributed by atoms with E-state index in [0.29, 0.717) is 23.9 Å². The fraction of sp³-hybridized carbons (Fsp3) is 0.786. The zero-order valence-corrected chi connectivity index (χ0v) is 13.4. The van der Waals surface area contributed by atoms with E-state index in [1.165, 1.54) is 12.8 Å². The number of ether oxygens (including phenoxy) is 1. The SMILES string of the molecule is CCNc1nc(NCC2CCCN2C)nc(OC(C)C)n1. The van der Waals surface area contributed by atoms with Crippen LogP contribution in [0.3, 0.4) is 0 Å². The van der Waals surface area contributed by atoms with Crippen LogP contribution in [0.25, 0.3) is 0 Å². The van der Waals surface area contributed by atoms with Crippen molar-refractivity contribution < 1.29 is 4.74 Å². The third kappa shape index (κ3) is 4.70. The van der Waals surface area contributed by atoms with E-state index in [-0.39, 0.29) is 6.10 Å². The largest absolute Gasteiger partial charge is 0.461 e. The highest BCUT2D eigenvalue weighted by Gasteiger charge is 2.21. The van der Waals surface area contributed by atoms with Gasteiger partial charge in [-0.15, -0.1) is 0 Å². The number of aromatic nitrogens is 3. The summed E-state index contributed by atoms with van der Waals surface area (Å²) < 4.78 is 5.58. The molecule has 1 aliphatic heterocycles. The number of likely N-dealkylation sites (tertiary alicyclic amines) is 1. The molecule has 1 aromatic rings. The minimum absolute atomic E-state index is 0.0377. The Morgan fingerprint density at radius 3 is 2.52 bits per heavy atom. The maximum absolute atomic E-state index is 5.58. The molecule has 1 aromatic heterocycles. The molecule has 7 heteroatoms. The lowest BCUT2D eigenvalue weighted by molar-refractivity contribution is 0.222. The van der Waals surface area contributed by atoms with Crippen molar-refractivity contribution in [3.05, 3.63) is 0 Å². The molecular weight excluding hydrogens is 268 g/mol. The monoisotopic (exact) mass is 294 g/mol. The standard InChI is InChI=1S/C14H26N6O/c1-5-15-12-17-13(19-14(18-12)21-10(2)3)16-9-11-7-6-8-20(11)4/h10-11H,5-9H2,1-4H3,(H2,15,16,17,18,19). The molecule has 0 amide bonds. The molecule has 0 aromatic carbocycles. The van der Waals surface area contributed by atoms with Crippen molar-refractivity contribution in [2.24, 2.45) is 0 Å². The Morgan fingerprint density at radius 2 is 1.95 bits per heavy atom. The smallest absolute Gasteiger partial charge is 0.323 e. The number of likely N-dealkylation sites (N-methyl/N-ethyl adjacent to an activating group) is 1. The molecule has 7 nitrogen and oxygen atoms in total. The summed E-state index contributed by atoms with van der Waals surface area (Å²) in [6.45, 7) is 8.68. The lowest BCUT2D eigenvalue weighted by atomic mass is 10.2. The van der Waals surface area contributed by atoms with Crippen molar-refractivity contribution >= 4 is 11.9 Å². The van der Waals surface area contributed by atoms with E-state index >= 15 is 0 Å². The molecule has 0 saturated carbocycles. The van der Waals surface area contributed by atoms with Crippen molar-refractivity contribution in [3.8, 4) is 6.01 Å². The molecule has 0 radical (unpaired) electrons. The van der Waals surface area contributed by atoms with E-state index in [2.05, 4.69) is 37.5 Å². The second-order valence-corrected chi connectivity index (χ2v) is 5.62. The number of rotatable bonds is 7. The molecule has 1 fully saturated rings. The van der Waals surface area contributed by atoms with Gasteiger partial charge in [-0.2, -0.15) is 15.0 Å². The minimum atomic E-state index is 0.0377. The van der Waals surface area contributed by atoms with Crippen molar-refractivity contribution in [2.45, 2.75) is 45.8 Å². The zero-order valence-electron chi connectivity index (χ0n) is 13.4. The Hall–Kier alpha value is -1.63. The Bertz CT molecular complexity index is 453. The van der Waals surface area contributed by atoms with Gasteiger partial charge in [0.25, 0.3) is 0 Å². The molecule has 118 valence electrons. The van der Waals surface area contributed by atoms with Crippen LogP contribution in [0.4, 0.5) is 11.9 Å². The first-order valence-corrected chi connectivity index (χ1v) is 7.69. The third-order valence-corrected chi connectivity index (χ3v) is 3.46. The fourth-order valence-corrected chi connectivity index (χ4v) is 2.38. The van der Waals surface area contributed by atoms with Crippen LogP contribution in [0, 0.1) is 0 Å². The molecule has 2 heterocycles. The Balaban J connectivity index is 2.03. The van der Waals surface area contributed by atoms with Crippen LogP contribution >= 0.6 is 0 Å². The normalized spacial score (nSPS) is 19.0. The molecule has 0 spiro atoms. The molecule has 1 saturated heterocycles. The maximum Gasteiger partial charge on any atom is 0.323 e. The minimum Gasteiger partial charge on any atom is -0.461 e. The quantitative estimate of drug-likeness (QED) is 0.791. The molecule has 2 N–H and O–H groups in total. The van der Waals surface area contributed by atoms with Gasteiger partial charge in [-0.3, -0.25) is 0 Å². The van der Waals surface area contributed by atoms with Crippen molar-refractivity contribution in [1.29, 1.82) is 0 Å². The van der Waals surface area contributed by atoms with Crippen molar-refractivity contribution in [1.82, 2.24) is 19.9 Å². The van der Waals surface area contributed by atoms with Gasteiger partial charge < -0.3 is 20.3 Å². The Labute approximate surface area is 126 Å². The van der Waals surface area contributed by atoms with Gasteiger partial charge in [0.1, 0.15) is 0 Å². The summed E-state index contributed by atoms with van der Waals surface area (Å²) in [5, 5.41) is 6.41. The van der Waals surface area contributed by atoms with Crippen LogP contribution in [0.2, 0.25) is 0 Å². The first-order valence-electron chi connectivity index (χ1n) is 7.69. The Kier molecular flexibility index (Phi) is 5.55. The number of nitrogens with zero attached hydrogens (tertiary/aromatic N) is 4. The zero-order chi connectivity index (χ0) is 15.2. The molecule has 21 heavy (non-hydrogen) atoms. The van der Waals surface area contributed by atoms with Gasteiger partial charge in [-0.25, -0.2) is 0 Å². The second kappa shape index (κ2) is 7.40. The first kappa shape index (κ1) is 15.8. The molecule has 0 bridgehead atoms. The lowest BCUT2D eigenvalue weighted by Crippen LogP contribution is -2.32. The molecule has 1 aliphatic rings. The van der Waals surface area contributed by atoms with Gasteiger partial charge >= 0.3 is 6.01 Å². The average molecular weight is 294 g/mol. The molecular formula is C14H26N6O. The highest BCUT2D eigenvalue weighted by atomic mass is 16.5. The van der Waals surface area contributed by atoms with Crippen molar-refractivity contribution in [2.75, 3.05) is 37.3 Å². The summed E-state index contributed by atoms with van der Waals surface area (Å²) in [5.41, 5.74) is 0. The van der Waals surface area contributed by atoms with Gasteiger partial charge in [0.2, 0.25) is 11.9 Å². The lowest BCUT2D eigenvalue weighted by Gasteiger charge is -2.20. The van der Waals surface area contributed by atoms with E-state index in [1.807, 2.05) is 20.8 Å². The number of hydrogen-bond donors (Lipinski definition) is 2. The van der Waals surface area contributed by atoms with E-state index in [0.717, 1.165) is 19.6 Å². The topological polar surface area (TPSA) is 75.2 Å². The van der Waals surface area contributed by atoms with E-state index < -0.39 is 0 Å². The van der Waals surface area contributed by atoms with Crippen LogP contribution < -0.4 is 15.4 Å². The summed E-state index contributed by atoms with van der Waals surface area (Å²) >= 11 is 0. The maximum atomic E-state index is 5.58. The van der Waals surface area contributed by atoms with Gasteiger partial charge in [0.15, 0.2) is 0 Å². The van der Waals surface area contributed by atoms with E-state index in [4.69, 9.17) is 4.74 Å². The molecule has 1 atom stereocenters. The fourth-order valence-electron chi connectivity index (χ4n) is 2.38. The second-order valence-electron chi connectivity index (χ2n) is 5.62. The molecule has 2 rings (SSSR count). The van der Waals surface area contributed by atoms with Crippen LogP contribution in [0.5, 0.6) is 6.01 Å². The van der Waals surface area contributed by atoms with Gasteiger partial charge in [0, 0.05) is 19.1 Å². The van der Waals surface area contributed by atoms with Crippen LogP contribution in [-0.4, -0.2) is 58.7 Å². The number of anilines is 2.